The van der Waals surface area contributed by atoms with Gasteiger partial charge >= 0.3 is 7.12 Å². The van der Waals surface area contributed by atoms with Gasteiger partial charge in [-0.3, -0.25) is 19.6 Å². The van der Waals surface area contributed by atoms with E-state index in [4.69, 9.17) is 26.6 Å². The van der Waals surface area contributed by atoms with E-state index in [1.807, 2.05) is 17.0 Å². The zero-order valence-electron chi connectivity index (χ0n) is 25.3. The van der Waals surface area contributed by atoms with Gasteiger partial charge in [-0.2, -0.15) is 4.98 Å². The van der Waals surface area contributed by atoms with Crippen molar-refractivity contribution >= 4 is 59.0 Å². The average molecular weight is 675 g/mol. The summed E-state index contributed by atoms with van der Waals surface area (Å²) in [6, 6.07) is 6.74. The van der Waals surface area contributed by atoms with Crippen LogP contribution in [0.4, 0.5) is 23.0 Å². The molecule has 2 amide bonds. The molecule has 0 spiro atoms. The van der Waals surface area contributed by atoms with Gasteiger partial charge in [0.1, 0.15) is 23.5 Å². The van der Waals surface area contributed by atoms with E-state index in [2.05, 4.69) is 29.8 Å². The number of carbonyl (C=O) groups is 2. The predicted octanol–water partition coefficient (Wildman–Crippen LogP) is 2.59. The molecular formula is C32H40BClN10O4. The molecule has 0 aliphatic carbocycles. The largest absolute Gasteiger partial charge is 0.488 e. The summed E-state index contributed by atoms with van der Waals surface area (Å²) < 4.78 is 0. The minimum atomic E-state index is -1.38. The number of likely N-dealkylation sites (N-methyl/N-ethyl adjacent to an activating group) is 2. The van der Waals surface area contributed by atoms with E-state index in [0.29, 0.717) is 11.3 Å². The van der Waals surface area contributed by atoms with Crippen LogP contribution in [0.1, 0.15) is 40.5 Å². The number of anilines is 4. The smallest absolute Gasteiger partial charge is 0.423 e. The standard InChI is InChI=1S/C15H15N5O.C10H11ClN4O.C5H6BNO2.2CH4/c1-19-12-9-17-13(10-4-6-16-7-5-10)18-14(12)20-8-2-3-11(20)15(19)21;1-14-7-5-12-10(11)13-8(7)15-4-2-3-6(15)9(14)16;8-6(9)5-1-3-7-4-2-5;;/h4-7,9,11H,2-3,8H2,1H3;5-6H,2-4H2,1H3;1-4,8-9H;2*1H4/t11-;6-;;;/m11.../s1. The fourth-order valence-corrected chi connectivity index (χ4v) is 6.15. The Bertz CT molecular complexity index is 1720. The molecule has 2 saturated heterocycles. The summed E-state index contributed by atoms with van der Waals surface area (Å²) in [4.78, 5) is 56.8. The monoisotopic (exact) mass is 674 g/mol. The first-order chi connectivity index (χ1) is 22.2. The van der Waals surface area contributed by atoms with E-state index < -0.39 is 7.12 Å². The maximum absolute atomic E-state index is 12.3. The van der Waals surface area contributed by atoms with Gasteiger partial charge in [-0.25, -0.2) is 15.0 Å². The Morgan fingerprint density at radius 3 is 1.73 bits per heavy atom. The lowest BCUT2D eigenvalue weighted by Gasteiger charge is -2.36. The summed E-state index contributed by atoms with van der Waals surface area (Å²) in [6.45, 7) is 1.74. The van der Waals surface area contributed by atoms with E-state index >= 15 is 0 Å². The quantitative estimate of drug-likeness (QED) is 0.236. The summed E-state index contributed by atoms with van der Waals surface area (Å²) in [5.41, 5.74) is 2.93. The third-order valence-electron chi connectivity index (χ3n) is 8.42. The average Bonchev–Trinajstić information content (AvgIpc) is 3.79. The van der Waals surface area contributed by atoms with Gasteiger partial charge in [0.15, 0.2) is 17.5 Å². The normalized spacial score (nSPS) is 18.4. The Hall–Kier alpha value is -4.73. The molecule has 2 fully saturated rings. The molecule has 16 heteroatoms. The molecule has 8 rings (SSSR count). The maximum atomic E-state index is 12.3. The number of hydrogen-bond donors (Lipinski definition) is 2. The van der Waals surface area contributed by atoms with Gasteiger partial charge in [-0.1, -0.05) is 14.9 Å². The minimum absolute atomic E-state index is 0. The van der Waals surface area contributed by atoms with E-state index in [1.165, 1.54) is 12.4 Å². The lowest BCUT2D eigenvalue weighted by atomic mass is 9.81. The zero-order valence-corrected chi connectivity index (χ0v) is 26.1. The highest BCUT2D eigenvalue weighted by Gasteiger charge is 2.41. The molecule has 4 aliphatic heterocycles. The molecule has 4 aliphatic rings. The Kier molecular flexibility index (Phi) is 11.6. The molecule has 2 atom stereocenters. The van der Waals surface area contributed by atoms with Gasteiger partial charge in [0.05, 0.1) is 12.4 Å². The second-order valence-corrected chi connectivity index (χ2v) is 11.5. The summed E-state index contributed by atoms with van der Waals surface area (Å²) in [5.74, 6) is 2.58. The first kappa shape index (κ1) is 36.1. The molecule has 48 heavy (non-hydrogen) atoms. The summed E-state index contributed by atoms with van der Waals surface area (Å²) >= 11 is 5.80. The maximum Gasteiger partial charge on any atom is 0.488 e. The number of nitrogens with zero attached hydrogens (tertiary/aromatic N) is 10. The van der Waals surface area contributed by atoms with E-state index in [9.17, 15) is 9.59 Å². The Morgan fingerprint density at radius 2 is 1.23 bits per heavy atom. The summed E-state index contributed by atoms with van der Waals surface area (Å²) in [5, 5.41) is 17.3. The van der Waals surface area contributed by atoms with Crippen molar-refractivity contribution in [3.8, 4) is 11.4 Å². The Morgan fingerprint density at radius 1 is 0.750 bits per heavy atom. The minimum Gasteiger partial charge on any atom is -0.423 e. The van der Waals surface area contributed by atoms with Crippen LogP contribution in [0.15, 0.2) is 61.4 Å². The van der Waals surface area contributed by atoms with Crippen molar-refractivity contribution in [3.05, 3.63) is 66.7 Å². The molecule has 4 aromatic heterocycles. The molecule has 4 aromatic rings. The number of amides is 2. The number of carbonyl (C=O) groups excluding carboxylic acids is 2. The van der Waals surface area contributed by atoms with Crippen molar-refractivity contribution in [1.29, 1.82) is 0 Å². The first-order valence-electron chi connectivity index (χ1n) is 14.9. The van der Waals surface area contributed by atoms with Crippen LogP contribution in [-0.2, 0) is 9.59 Å². The number of rotatable bonds is 2. The first-order valence-corrected chi connectivity index (χ1v) is 15.3. The van der Waals surface area contributed by atoms with Gasteiger partial charge in [0.2, 0.25) is 17.1 Å². The van der Waals surface area contributed by atoms with Crippen LogP contribution in [0, 0.1) is 0 Å². The predicted molar refractivity (Wildman–Crippen MR) is 187 cm³/mol. The van der Waals surface area contributed by atoms with Crippen molar-refractivity contribution in [2.45, 2.75) is 52.6 Å². The molecule has 8 heterocycles. The van der Waals surface area contributed by atoms with Crippen LogP contribution in [-0.4, -0.2) is 98.2 Å². The second-order valence-electron chi connectivity index (χ2n) is 11.1. The van der Waals surface area contributed by atoms with Crippen molar-refractivity contribution in [2.24, 2.45) is 0 Å². The van der Waals surface area contributed by atoms with Gasteiger partial charge in [0.25, 0.3) is 0 Å². The molecule has 0 unspecified atom stereocenters. The van der Waals surface area contributed by atoms with Crippen molar-refractivity contribution in [1.82, 2.24) is 29.9 Å². The topological polar surface area (TPSA) is 165 Å². The zero-order chi connectivity index (χ0) is 32.4. The number of fused-ring (bicyclic) bond motifs is 6. The Labute approximate surface area is 285 Å². The highest BCUT2D eigenvalue weighted by Crippen LogP contribution is 2.39. The summed E-state index contributed by atoms with van der Waals surface area (Å²) in [7, 11) is 2.17. The van der Waals surface area contributed by atoms with Crippen LogP contribution >= 0.6 is 11.6 Å². The molecule has 2 N–H and O–H groups in total. The van der Waals surface area contributed by atoms with Crippen LogP contribution in [0.3, 0.4) is 0 Å². The van der Waals surface area contributed by atoms with Crippen LogP contribution in [0.5, 0.6) is 0 Å². The molecule has 0 bridgehead atoms. The van der Waals surface area contributed by atoms with Gasteiger partial charge in [-0.15, -0.1) is 0 Å². The molecule has 252 valence electrons. The lowest BCUT2D eigenvalue weighted by Crippen LogP contribution is -2.49. The van der Waals surface area contributed by atoms with Crippen molar-refractivity contribution < 1.29 is 19.6 Å². The van der Waals surface area contributed by atoms with Crippen LogP contribution in [0.25, 0.3) is 11.4 Å². The fraction of sp³-hybridized carbons (Fsp3) is 0.375. The highest BCUT2D eigenvalue weighted by atomic mass is 35.5. The van der Waals surface area contributed by atoms with Crippen molar-refractivity contribution in [3.63, 3.8) is 0 Å². The van der Waals surface area contributed by atoms with E-state index in [-0.39, 0.29) is 44.0 Å². The molecule has 0 aromatic carbocycles. The molecular weight excluding hydrogens is 635 g/mol. The highest BCUT2D eigenvalue weighted by molar-refractivity contribution is 6.58. The number of aromatic nitrogens is 6. The number of pyridine rings is 2. The van der Waals surface area contributed by atoms with E-state index in [0.717, 1.165) is 67.3 Å². The lowest BCUT2D eigenvalue weighted by molar-refractivity contribution is -0.120. The number of hydrogen-bond acceptors (Lipinski definition) is 12. The van der Waals surface area contributed by atoms with Crippen molar-refractivity contribution in [2.75, 3.05) is 46.8 Å². The van der Waals surface area contributed by atoms with Gasteiger partial charge < -0.3 is 29.6 Å². The van der Waals surface area contributed by atoms with Gasteiger partial charge in [0, 0.05) is 57.5 Å². The third-order valence-corrected chi connectivity index (χ3v) is 8.60. The van der Waals surface area contributed by atoms with Gasteiger partial charge in [-0.05, 0) is 67.0 Å². The number of halogens is 1. The SMILES string of the molecule is C.C.CN1C(=O)[C@H]2CCCN2c2nc(-c3ccncc3)ncc21.CN1C(=O)[C@H]2CCCN2c2nc(Cl)ncc21.OB(O)c1ccncc1. The van der Waals surface area contributed by atoms with Crippen LogP contribution in [0.2, 0.25) is 5.28 Å². The summed E-state index contributed by atoms with van der Waals surface area (Å²) in [6.07, 6.45) is 13.7. The van der Waals surface area contributed by atoms with E-state index in [1.54, 1.807) is 60.8 Å². The Balaban J connectivity index is 0.000000172. The second kappa shape index (κ2) is 15.5. The molecule has 14 nitrogen and oxygen atoms in total. The fourth-order valence-electron chi connectivity index (χ4n) is 6.02. The third kappa shape index (κ3) is 7.08. The van der Waals surface area contributed by atoms with Crippen LogP contribution < -0.4 is 25.1 Å². The molecule has 0 saturated carbocycles. The molecule has 0 radical (unpaired) electrons.